The molecule has 0 saturated heterocycles. The van der Waals surface area contributed by atoms with Crippen molar-refractivity contribution in [2.75, 3.05) is 24.7 Å². The zero-order valence-corrected chi connectivity index (χ0v) is 10.7. The molecule has 0 aromatic carbocycles. The zero-order chi connectivity index (χ0) is 11.6. The van der Waals surface area contributed by atoms with E-state index in [1.807, 2.05) is 23.9 Å². The minimum absolute atomic E-state index is 0.298. The molecule has 92 valence electrons. The lowest BCUT2D eigenvalue weighted by atomic mass is 10.3. The SMILES string of the molecule is CCc1ccc(CNCCSCCCO)o1. The van der Waals surface area contributed by atoms with Crippen LogP contribution in [0.1, 0.15) is 24.9 Å². The van der Waals surface area contributed by atoms with Crippen molar-refractivity contribution in [3.05, 3.63) is 23.7 Å². The van der Waals surface area contributed by atoms with Crippen molar-refractivity contribution in [2.45, 2.75) is 26.3 Å². The van der Waals surface area contributed by atoms with E-state index in [1.54, 1.807) is 0 Å². The van der Waals surface area contributed by atoms with Crippen LogP contribution in [0.25, 0.3) is 0 Å². The fourth-order valence-electron chi connectivity index (χ4n) is 1.33. The number of hydrogen-bond acceptors (Lipinski definition) is 4. The molecule has 4 heteroatoms. The lowest BCUT2D eigenvalue weighted by molar-refractivity contribution is 0.296. The molecule has 0 aliphatic carbocycles. The van der Waals surface area contributed by atoms with Gasteiger partial charge in [0.2, 0.25) is 0 Å². The first-order chi connectivity index (χ1) is 7.86. The van der Waals surface area contributed by atoms with Crippen molar-refractivity contribution < 1.29 is 9.52 Å². The minimum atomic E-state index is 0.298. The van der Waals surface area contributed by atoms with Crippen LogP contribution in [0.2, 0.25) is 0 Å². The molecule has 1 heterocycles. The second-order valence-corrected chi connectivity index (χ2v) is 4.81. The van der Waals surface area contributed by atoms with Gasteiger partial charge < -0.3 is 14.8 Å². The van der Waals surface area contributed by atoms with Crippen LogP contribution in [0.15, 0.2) is 16.5 Å². The van der Waals surface area contributed by atoms with Crippen LogP contribution < -0.4 is 5.32 Å². The van der Waals surface area contributed by atoms with E-state index in [0.29, 0.717) is 6.61 Å². The monoisotopic (exact) mass is 243 g/mol. The Bertz CT molecular complexity index is 276. The molecule has 1 aromatic rings. The highest BCUT2D eigenvalue weighted by Crippen LogP contribution is 2.08. The molecule has 0 aliphatic rings. The lowest BCUT2D eigenvalue weighted by Gasteiger charge is -2.02. The van der Waals surface area contributed by atoms with E-state index in [4.69, 9.17) is 9.52 Å². The molecule has 0 radical (unpaired) electrons. The van der Waals surface area contributed by atoms with Gasteiger partial charge in [0, 0.05) is 25.3 Å². The summed E-state index contributed by atoms with van der Waals surface area (Å²) in [7, 11) is 0. The summed E-state index contributed by atoms with van der Waals surface area (Å²) in [4.78, 5) is 0. The fourth-order valence-corrected chi connectivity index (χ4v) is 2.16. The van der Waals surface area contributed by atoms with Crippen molar-refractivity contribution in [2.24, 2.45) is 0 Å². The Morgan fingerprint density at radius 1 is 1.31 bits per heavy atom. The largest absolute Gasteiger partial charge is 0.465 e. The molecule has 0 saturated carbocycles. The van der Waals surface area contributed by atoms with Gasteiger partial charge in [0.15, 0.2) is 0 Å². The third-order valence-electron chi connectivity index (χ3n) is 2.23. The van der Waals surface area contributed by atoms with E-state index in [1.165, 1.54) is 0 Å². The van der Waals surface area contributed by atoms with E-state index >= 15 is 0 Å². The number of aliphatic hydroxyl groups is 1. The van der Waals surface area contributed by atoms with Crippen LogP contribution in [0.3, 0.4) is 0 Å². The highest BCUT2D eigenvalue weighted by molar-refractivity contribution is 7.99. The van der Waals surface area contributed by atoms with E-state index in [-0.39, 0.29) is 0 Å². The molecule has 0 spiro atoms. The van der Waals surface area contributed by atoms with Crippen LogP contribution in [-0.4, -0.2) is 29.8 Å². The average Bonchev–Trinajstić information content (AvgIpc) is 2.76. The van der Waals surface area contributed by atoms with Crippen molar-refractivity contribution in [1.82, 2.24) is 5.32 Å². The highest BCUT2D eigenvalue weighted by Gasteiger charge is 1.99. The predicted octanol–water partition coefficient (Wildman–Crippen LogP) is 2.05. The van der Waals surface area contributed by atoms with Crippen LogP contribution in [0.5, 0.6) is 0 Å². The molecule has 1 aromatic heterocycles. The zero-order valence-electron chi connectivity index (χ0n) is 9.87. The molecule has 16 heavy (non-hydrogen) atoms. The van der Waals surface area contributed by atoms with Crippen molar-refractivity contribution in [3.8, 4) is 0 Å². The quantitative estimate of drug-likeness (QED) is 0.652. The van der Waals surface area contributed by atoms with Gasteiger partial charge in [-0.25, -0.2) is 0 Å². The Hall–Kier alpha value is -0.450. The molecule has 0 bridgehead atoms. The first kappa shape index (κ1) is 13.6. The second-order valence-electron chi connectivity index (χ2n) is 3.59. The maximum absolute atomic E-state index is 8.60. The number of rotatable bonds is 9. The number of thioether (sulfide) groups is 1. The van der Waals surface area contributed by atoms with E-state index < -0.39 is 0 Å². The Kier molecular flexibility index (Phi) is 7.38. The van der Waals surface area contributed by atoms with Gasteiger partial charge in [0.1, 0.15) is 11.5 Å². The first-order valence-electron chi connectivity index (χ1n) is 5.83. The van der Waals surface area contributed by atoms with Gasteiger partial charge >= 0.3 is 0 Å². The van der Waals surface area contributed by atoms with Crippen LogP contribution in [-0.2, 0) is 13.0 Å². The van der Waals surface area contributed by atoms with Gasteiger partial charge in [0.05, 0.1) is 6.54 Å². The Balaban J connectivity index is 1.98. The summed E-state index contributed by atoms with van der Waals surface area (Å²) in [6.07, 6.45) is 1.85. The summed E-state index contributed by atoms with van der Waals surface area (Å²) < 4.78 is 5.58. The summed E-state index contributed by atoms with van der Waals surface area (Å²) in [5.74, 6) is 4.19. The Morgan fingerprint density at radius 2 is 2.12 bits per heavy atom. The number of hydrogen-bond donors (Lipinski definition) is 2. The van der Waals surface area contributed by atoms with E-state index in [9.17, 15) is 0 Å². The van der Waals surface area contributed by atoms with Gasteiger partial charge in [-0.15, -0.1) is 0 Å². The number of furan rings is 1. The van der Waals surface area contributed by atoms with Gasteiger partial charge in [0.25, 0.3) is 0 Å². The summed E-state index contributed by atoms with van der Waals surface area (Å²) in [5, 5.41) is 11.9. The summed E-state index contributed by atoms with van der Waals surface area (Å²) in [6, 6.07) is 4.07. The van der Waals surface area contributed by atoms with Crippen molar-refractivity contribution >= 4 is 11.8 Å². The van der Waals surface area contributed by atoms with Gasteiger partial charge in [-0.05, 0) is 24.3 Å². The molecule has 1 rings (SSSR count). The third kappa shape index (κ3) is 5.58. The summed E-state index contributed by atoms with van der Waals surface area (Å²) in [5.41, 5.74) is 0. The molecular weight excluding hydrogens is 222 g/mol. The highest BCUT2D eigenvalue weighted by atomic mass is 32.2. The minimum Gasteiger partial charge on any atom is -0.465 e. The molecule has 0 amide bonds. The maximum Gasteiger partial charge on any atom is 0.117 e. The van der Waals surface area contributed by atoms with E-state index in [2.05, 4.69) is 12.2 Å². The molecule has 0 aliphatic heterocycles. The maximum atomic E-state index is 8.60. The third-order valence-corrected chi connectivity index (χ3v) is 3.31. The Labute approximate surface area is 102 Å². The topological polar surface area (TPSA) is 45.4 Å². The molecule has 2 N–H and O–H groups in total. The summed E-state index contributed by atoms with van der Waals surface area (Å²) in [6.45, 7) is 4.18. The normalized spacial score (nSPS) is 10.9. The standard InChI is InChI=1S/C12H21NO2S/c1-2-11-4-5-12(15-11)10-13-6-9-16-8-3-7-14/h4-5,13-14H,2-3,6-10H2,1H3. The fraction of sp³-hybridized carbons (Fsp3) is 0.667. The predicted molar refractivity (Wildman–Crippen MR) is 68.8 cm³/mol. The van der Waals surface area contributed by atoms with Crippen molar-refractivity contribution in [1.29, 1.82) is 0 Å². The Morgan fingerprint density at radius 3 is 2.81 bits per heavy atom. The van der Waals surface area contributed by atoms with Gasteiger partial charge in [-0.1, -0.05) is 6.92 Å². The van der Waals surface area contributed by atoms with Gasteiger partial charge in [-0.2, -0.15) is 11.8 Å². The summed E-state index contributed by atoms with van der Waals surface area (Å²) >= 11 is 1.87. The smallest absolute Gasteiger partial charge is 0.117 e. The molecule has 0 unspecified atom stereocenters. The first-order valence-corrected chi connectivity index (χ1v) is 6.99. The molecule has 0 atom stereocenters. The molecule has 3 nitrogen and oxygen atoms in total. The lowest BCUT2D eigenvalue weighted by Crippen LogP contribution is -2.16. The van der Waals surface area contributed by atoms with Gasteiger partial charge in [-0.3, -0.25) is 0 Å². The van der Waals surface area contributed by atoms with E-state index in [0.717, 1.165) is 49.0 Å². The number of nitrogens with one attached hydrogen (secondary N) is 1. The molecular formula is C12H21NO2S. The van der Waals surface area contributed by atoms with Crippen LogP contribution >= 0.6 is 11.8 Å². The average molecular weight is 243 g/mol. The number of aryl methyl sites for hydroxylation is 1. The van der Waals surface area contributed by atoms with Crippen LogP contribution in [0.4, 0.5) is 0 Å². The second kappa shape index (κ2) is 8.67. The number of aliphatic hydroxyl groups excluding tert-OH is 1. The van der Waals surface area contributed by atoms with Crippen molar-refractivity contribution in [3.63, 3.8) is 0 Å². The van der Waals surface area contributed by atoms with Crippen LogP contribution in [0, 0.1) is 0 Å². The molecule has 0 fully saturated rings.